The Morgan fingerprint density at radius 2 is 1.89 bits per heavy atom. The van der Waals surface area contributed by atoms with Crippen molar-refractivity contribution in [1.82, 2.24) is 14.9 Å². The minimum atomic E-state index is -0.289. The number of benzene rings is 1. The van der Waals surface area contributed by atoms with Crippen LogP contribution in [0, 0.1) is 6.92 Å². The van der Waals surface area contributed by atoms with E-state index in [2.05, 4.69) is 50.9 Å². The molecule has 2 atom stereocenters. The van der Waals surface area contributed by atoms with E-state index in [0.717, 1.165) is 65.2 Å². The summed E-state index contributed by atoms with van der Waals surface area (Å²) in [6.45, 7) is 10.3. The molecule has 3 heterocycles. The monoisotopic (exact) mass is 485 g/mol. The lowest BCUT2D eigenvalue weighted by atomic mass is 9.89. The lowest BCUT2D eigenvalue weighted by molar-refractivity contribution is -0.129. The molecule has 3 aromatic rings. The number of rotatable bonds is 8. The summed E-state index contributed by atoms with van der Waals surface area (Å²) in [5.41, 5.74) is 6.81. The van der Waals surface area contributed by atoms with Gasteiger partial charge in [0.05, 0.1) is 5.03 Å². The van der Waals surface area contributed by atoms with E-state index in [1.54, 1.807) is 11.8 Å². The third-order valence-electron chi connectivity index (χ3n) is 6.89. The fraction of sp³-hybridized carbons (Fsp3) is 0.367. The van der Waals surface area contributed by atoms with Crippen molar-refractivity contribution in [2.75, 3.05) is 13.1 Å². The molecule has 35 heavy (non-hydrogen) atoms. The third-order valence-corrected chi connectivity index (χ3v) is 8.25. The van der Waals surface area contributed by atoms with E-state index in [9.17, 15) is 4.79 Å². The Hall–Kier alpha value is -2.92. The van der Waals surface area contributed by atoms with Crippen molar-refractivity contribution in [1.29, 1.82) is 0 Å². The van der Waals surface area contributed by atoms with Crippen LogP contribution in [0.15, 0.2) is 72.2 Å². The first-order chi connectivity index (χ1) is 17.0. The van der Waals surface area contributed by atoms with Gasteiger partial charge < -0.3 is 4.90 Å². The summed E-state index contributed by atoms with van der Waals surface area (Å²) in [7, 11) is 0. The second-order valence-corrected chi connectivity index (χ2v) is 10.4. The molecular formula is C30H35N3OS. The van der Waals surface area contributed by atoms with Crippen LogP contribution in [0.5, 0.6) is 0 Å². The van der Waals surface area contributed by atoms with E-state index in [-0.39, 0.29) is 11.2 Å². The number of hydrogen-bond acceptors (Lipinski definition) is 4. The molecule has 5 heteroatoms. The summed E-state index contributed by atoms with van der Waals surface area (Å²) >= 11 is 1.56. The standard InChI is InChI=1S/C30H35N3OS/c1-5-21(3)26-14-15-31-20-27(26)25(6-2)24-18-22(4)29(32-19-24)35-28(23-12-8-7-9-13-23)30(34)33-16-10-11-17-33/h6-9,12-15,18-21,28H,5,10-11,16-17H2,1-4H3/b25-6-. The number of amides is 1. The largest absolute Gasteiger partial charge is 0.341 e. The van der Waals surface area contributed by atoms with Crippen molar-refractivity contribution >= 4 is 23.2 Å². The van der Waals surface area contributed by atoms with Crippen LogP contribution < -0.4 is 0 Å². The first-order valence-corrected chi connectivity index (χ1v) is 13.5. The van der Waals surface area contributed by atoms with Gasteiger partial charge in [0.25, 0.3) is 0 Å². The van der Waals surface area contributed by atoms with Crippen LogP contribution >= 0.6 is 11.8 Å². The maximum Gasteiger partial charge on any atom is 0.240 e. The molecule has 0 saturated carbocycles. The number of nitrogens with zero attached hydrogens (tertiary/aromatic N) is 3. The zero-order chi connectivity index (χ0) is 24.8. The molecule has 0 aliphatic carbocycles. The summed E-state index contributed by atoms with van der Waals surface area (Å²) in [5.74, 6) is 0.640. The van der Waals surface area contributed by atoms with Crippen molar-refractivity contribution in [3.05, 3.63) is 94.9 Å². The van der Waals surface area contributed by atoms with Gasteiger partial charge >= 0.3 is 0 Å². The number of aryl methyl sites for hydroxylation is 1. The van der Waals surface area contributed by atoms with Gasteiger partial charge in [-0.2, -0.15) is 0 Å². The number of likely N-dealkylation sites (tertiary alicyclic amines) is 1. The Kier molecular flexibility index (Phi) is 8.40. The summed E-state index contributed by atoms with van der Waals surface area (Å²) in [6, 6.07) is 14.4. The van der Waals surface area contributed by atoms with Gasteiger partial charge in [0.15, 0.2) is 0 Å². The number of aromatic nitrogens is 2. The SMILES string of the molecule is C/C=C(/c1cnc(SC(C(=O)N2CCCC2)c2ccccc2)c(C)c1)c1cnccc1C(C)CC. The molecule has 182 valence electrons. The number of carbonyl (C=O) groups excluding carboxylic acids is 1. The van der Waals surface area contributed by atoms with Crippen LogP contribution in [0.4, 0.5) is 0 Å². The van der Waals surface area contributed by atoms with Gasteiger partial charge in [-0.3, -0.25) is 9.78 Å². The van der Waals surface area contributed by atoms with Gasteiger partial charge in [0.1, 0.15) is 5.25 Å². The van der Waals surface area contributed by atoms with Gasteiger partial charge in [-0.15, -0.1) is 0 Å². The maximum atomic E-state index is 13.5. The Balaban J connectivity index is 1.65. The van der Waals surface area contributed by atoms with Crippen molar-refractivity contribution in [2.45, 2.75) is 63.2 Å². The van der Waals surface area contributed by atoms with Gasteiger partial charge in [-0.05, 0) is 73.4 Å². The number of thioether (sulfide) groups is 1. The second kappa shape index (κ2) is 11.7. The van der Waals surface area contributed by atoms with Crippen LogP contribution in [-0.4, -0.2) is 33.9 Å². The highest BCUT2D eigenvalue weighted by atomic mass is 32.2. The van der Waals surface area contributed by atoms with Crippen molar-refractivity contribution in [3.63, 3.8) is 0 Å². The lowest BCUT2D eigenvalue weighted by Gasteiger charge is -2.23. The highest BCUT2D eigenvalue weighted by Crippen LogP contribution is 2.39. The molecule has 1 fully saturated rings. The number of allylic oxidation sites excluding steroid dienone is 1. The summed E-state index contributed by atoms with van der Waals surface area (Å²) in [4.78, 5) is 24.8. The Labute approximate surface area is 213 Å². The van der Waals surface area contributed by atoms with Crippen LogP contribution in [0.2, 0.25) is 0 Å². The van der Waals surface area contributed by atoms with Gasteiger partial charge in [0, 0.05) is 42.8 Å². The van der Waals surface area contributed by atoms with E-state index in [4.69, 9.17) is 4.98 Å². The van der Waals surface area contributed by atoms with E-state index >= 15 is 0 Å². The smallest absolute Gasteiger partial charge is 0.240 e. The van der Waals surface area contributed by atoms with E-state index in [1.165, 1.54) is 5.56 Å². The molecule has 1 saturated heterocycles. The first-order valence-electron chi connectivity index (χ1n) is 12.6. The lowest BCUT2D eigenvalue weighted by Crippen LogP contribution is -2.31. The van der Waals surface area contributed by atoms with Gasteiger partial charge in [0.2, 0.25) is 5.91 Å². The quantitative estimate of drug-likeness (QED) is 0.316. The Morgan fingerprint density at radius 3 is 2.54 bits per heavy atom. The normalized spacial score (nSPS) is 15.8. The minimum absolute atomic E-state index is 0.187. The number of pyridine rings is 2. The van der Waals surface area contributed by atoms with E-state index in [1.807, 2.05) is 53.8 Å². The Bertz CT molecular complexity index is 1190. The molecule has 0 radical (unpaired) electrons. The second-order valence-electron chi connectivity index (χ2n) is 9.26. The van der Waals surface area contributed by atoms with Crippen molar-refractivity contribution < 1.29 is 4.79 Å². The molecule has 2 aromatic heterocycles. The van der Waals surface area contributed by atoms with Crippen LogP contribution in [0.1, 0.15) is 79.0 Å². The summed E-state index contributed by atoms with van der Waals surface area (Å²) < 4.78 is 0. The van der Waals surface area contributed by atoms with Crippen LogP contribution in [-0.2, 0) is 4.79 Å². The van der Waals surface area contributed by atoms with Gasteiger partial charge in [-0.1, -0.05) is 62.0 Å². The predicted octanol–water partition coefficient (Wildman–Crippen LogP) is 7.21. The van der Waals surface area contributed by atoms with Crippen LogP contribution in [0.3, 0.4) is 0 Å². The van der Waals surface area contributed by atoms with E-state index < -0.39 is 0 Å². The van der Waals surface area contributed by atoms with Crippen LogP contribution in [0.25, 0.3) is 5.57 Å². The molecule has 4 nitrogen and oxygen atoms in total. The summed E-state index contributed by atoms with van der Waals surface area (Å²) in [5, 5.41) is 0.613. The number of hydrogen-bond donors (Lipinski definition) is 0. The molecule has 1 aliphatic rings. The zero-order valence-electron chi connectivity index (χ0n) is 21.2. The molecule has 0 bridgehead atoms. The molecule has 0 N–H and O–H groups in total. The average Bonchev–Trinajstić information content (AvgIpc) is 3.44. The minimum Gasteiger partial charge on any atom is -0.341 e. The fourth-order valence-corrected chi connectivity index (χ4v) is 5.82. The predicted molar refractivity (Wildman–Crippen MR) is 146 cm³/mol. The molecule has 1 aromatic carbocycles. The average molecular weight is 486 g/mol. The van der Waals surface area contributed by atoms with Gasteiger partial charge in [-0.25, -0.2) is 4.98 Å². The summed E-state index contributed by atoms with van der Waals surface area (Å²) in [6.07, 6.45) is 11.2. The van der Waals surface area contributed by atoms with E-state index in [0.29, 0.717) is 5.92 Å². The maximum absolute atomic E-state index is 13.5. The van der Waals surface area contributed by atoms with Crippen molar-refractivity contribution in [2.24, 2.45) is 0 Å². The molecule has 0 spiro atoms. The molecule has 1 amide bonds. The zero-order valence-corrected chi connectivity index (χ0v) is 22.0. The molecule has 1 aliphatic heterocycles. The molecule has 4 rings (SSSR count). The van der Waals surface area contributed by atoms with Crippen molar-refractivity contribution in [3.8, 4) is 0 Å². The molecular weight excluding hydrogens is 450 g/mol. The first kappa shape index (κ1) is 25.2. The highest BCUT2D eigenvalue weighted by molar-refractivity contribution is 8.00. The Morgan fingerprint density at radius 1 is 1.14 bits per heavy atom. The third kappa shape index (κ3) is 5.67. The fourth-order valence-electron chi connectivity index (χ4n) is 4.69. The highest BCUT2D eigenvalue weighted by Gasteiger charge is 2.29. The molecule has 2 unspecified atom stereocenters. The topological polar surface area (TPSA) is 46.1 Å². The number of carbonyl (C=O) groups is 1.